The Balaban J connectivity index is 1.87. The first kappa shape index (κ1) is 14.8. The molecule has 1 atom stereocenters. The first-order valence-corrected chi connectivity index (χ1v) is 8.53. The maximum Gasteiger partial charge on any atom is 0.131 e. The molecule has 0 aromatic carbocycles. The second kappa shape index (κ2) is 6.30. The van der Waals surface area contributed by atoms with E-state index in [1.165, 1.54) is 44.2 Å². The largest absolute Gasteiger partial charge is 0.366 e. The molecule has 1 aromatic rings. The zero-order chi connectivity index (χ0) is 14.8. The van der Waals surface area contributed by atoms with Crippen molar-refractivity contribution in [1.29, 1.82) is 0 Å². The van der Waals surface area contributed by atoms with Gasteiger partial charge in [0.15, 0.2) is 0 Å². The second-order valence-electron chi connectivity index (χ2n) is 6.87. The van der Waals surface area contributed by atoms with Gasteiger partial charge in [0.05, 0.1) is 17.6 Å². The fraction of sp³-hybridized carbons (Fsp3) is 0.765. The fourth-order valence-electron chi connectivity index (χ4n) is 4.02. The van der Waals surface area contributed by atoms with E-state index in [0.717, 1.165) is 24.0 Å². The average Bonchev–Trinajstić information content (AvgIpc) is 3.16. The average molecular weight is 288 g/mol. The van der Waals surface area contributed by atoms with Crippen molar-refractivity contribution in [1.82, 2.24) is 9.97 Å². The van der Waals surface area contributed by atoms with Crippen LogP contribution in [0, 0.1) is 5.92 Å². The second-order valence-corrected chi connectivity index (χ2v) is 6.87. The molecule has 1 aliphatic carbocycles. The van der Waals surface area contributed by atoms with Crippen LogP contribution in [0.2, 0.25) is 0 Å². The minimum absolute atomic E-state index is 0.355. The quantitative estimate of drug-likeness (QED) is 0.924. The molecule has 1 unspecified atom stereocenters. The Bertz CT molecular complexity index is 480. The van der Waals surface area contributed by atoms with E-state index in [-0.39, 0.29) is 0 Å². The summed E-state index contributed by atoms with van der Waals surface area (Å²) < 4.78 is 0. The van der Waals surface area contributed by atoms with Crippen LogP contribution in [0.15, 0.2) is 6.20 Å². The third kappa shape index (κ3) is 2.91. The van der Waals surface area contributed by atoms with Gasteiger partial charge >= 0.3 is 0 Å². The van der Waals surface area contributed by atoms with Crippen molar-refractivity contribution in [2.24, 2.45) is 11.7 Å². The highest BCUT2D eigenvalue weighted by Gasteiger charge is 2.34. The minimum atomic E-state index is 0.355. The smallest absolute Gasteiger partial charge is 0.131 e. The molecule has 4 heteroatoms. The standard InChI is InChI=1S/C17H28N4/c1-12(2)17-19-11-16(14(10-18)20-17)21-9-5-8-15(21)13-6-3-4-7-13/h11-13,15H,3-10,18H2,1-2H3. The molecule has 2 aliphatic rings. The predicted octanol–water partition coefficient (Wildman–Crippen LogP) is 3.22. The summed E-state index contributed by atoms with van der Waals surface area (Å²) in [5, 5.41) is 0. The van der Waals surface area contributed by atoms with Gasteiger partial charge < -0.3 is 10.6 Å². The maximum atomic E-state index is 5.97. The third-order valence-corrected chi connectivity index (χ3v) is 5.13. The number of hydrogen-bond acceptors (Lipinski definition) is 4. The van der Waals surface area contributed by atoms with Gasteiger partial charge in [0.1, 0.15) is 5.82 Å². The van der Waals surface area contributed by atoms with E-state index in [9.17, 15) is 0 Å². The summed E-state index contributed by atoms with van der Waals surface area (Å²) in [5.41, 5.74) is 8.19. The van der Waals surface area contributed by atoms with E-state index in [1.807, 2.05) is 6.20 Å². The van der Waals surface area contributed by atoms with Crippen molar-refractivity contribution in [2.75, 3.05) is 11.4 Å². The monoisotopic (exact) mass is 288 g/mol. The molecule has 1 aromatic heterocycles. The van der Waals surface area contributed by atoms with E-state index in [0.29, 0.717) is 18.5 Å². The highest BCUT2D eigenvalue weighted by Crippen LogP contribution is 2.38. The molecule has 1 aliphatic heterocycles. The van der Waals surface area contributed by atoms with Gasteiger partial charge in [0.2, 0.25) is 0 Å². The molecule has 2 heterocycles. The lowest BCUT2D eigenvalue weighted by molar-refractivity contribution is 0.429. The van der Waals surface area contributed by atoms with Gasteiger partial charge in [-0.05, 0) is 31.6 Å². The molecule has 2 N–H and O–H groups in total. The summed E-state index contributed by atoms with van der Waals surface area (Å²) in [5.74, 6) is 2.13. The normalized spacial score (nSPS) is 23.4. The summed E-state index contributed by atoms with van der Waals surface area (Å²) in [7, 11) is 0. The number of nitrogens with two attached hydrogens (primary N) is 1. The summed E-state index contributed by atoms with van der Waals surface area (Å²) >= 11 is 0. The van der Waals surface area contributed by atoms with Crippen molar-refractivity contribution in [3.8, 4) is 0 Å². The van der Waals surface area contributed by atoms with E-state index in [2.05, 4.69) is 23.7 Å². The van der Waals surface area contributed by atoms with E-state index in [1.54, 1.807) is 0 Å². The number of hydrogen-bond donors (Lipinski definition) is 1. The molecule has 4 nitrogen and oxygen atoms in total. The van der Waals surface area contributed by atoms with Crippen molar-refractivity contribution < 1.29 is 0 Å². The van der Waals surface area contributed by atoms with Crippen molar-refractivity contribution >= 4 is 5.69 Å². The highest BCUT2D eigenvalue weighted by atomic mass is 15.2. The predicted molar refractivity (Wildman–Crippen MR) is 86.3 cm³/mol. The van der Waals surface area contributed by atoms with E-state index < -0.39 is 0 Å². The molecule has 116 valence electrons. The number of anilines is 1. The molecule has 0 amide bonds. The van der Waals surface area contributed by atoms with Gasteiger partial charge in [-0.25, -0.2) is 9.97 Å². The minimum Gasteiger partial charge on any atom is -0.366 e. The van der Waals surface area contributed by atoms with Crippen molar-refractivity contribution in [3.63, 3.8) is 0 Å². The van der Waals surface area contributed by atoms with E-state index >= 15 is 0 Å². The lowest BCUT2D eigenvalue weighted by Gasteiger charge is -2.32. The molecule has 1 saturated heterocycles. The Hall–Kier alpha value is -1.16. The van der Waals surface area contributed by atoms with Gasteiger partial charge in [0.25, 0.3) is 0 Å². The third-order valence-electron chi connectivity index (χ3n) is 5.13. The van der Waals surface area contributed by atoms with E-state index in [4.69, 9.17) is 10.7 Å². The fourth-order valence-corrected chi connectivity index (χ4v) is 4.02. The first-order chi connectivity index (χ1) is 10.2. The molecule has 0 radical (unpaired) electrons. The molecule has 3 rings (SSSR count). The van der Waals surface area contributed by atoms with Crippen LogP contribution < -0.4 is 10.6 Å². The summed E-state index contributed by atoms with van der Waals surface area (Å²) in [4.78, 5) is 11.9. The Morgan fingerprint density at radius 3 is 2.67 bits per heavy atom. The topological polar surface area (TPSA) is 55.0 Å². The zero-order valence-corrected chi connectivity index (χ0v) is 13.4. The van der Waals surface area contributed by atoms with Gasteiger partial charge in [-0.15, -0.1) is 0 Å². The number of rotatable bonds is 4. The van der Waals surface area contributed by atoms with Gasteiger partial charge in [0, 0.05) is 25.0 Å². The van der Waals surface area contributed by atoms with Gasteiger partial charge in [-0.3, -0.25) is 0 Å². The molecular formula is C17H28N4. The maximum absolute atomic E-state index is 5.97. The summed E-state index contributed by atoms with van der Waals surface area (Å²) in [6.45, 7) is 5.91. The SMILES string of the molecule is CC(C)c1ncc(N2CCCC2C2CCCC2)c(CN)n1. The van der Waals surface area contributed by atoms with Crippen LogP contribution in [0.3, 0.4) is 0 Å². The van der Waals surface area contributed by atoms with Crippen LogP contribution in [0.4, 0.5) is 5.69 Å². The lowest BCUT2D eigenvalue weighted by atomic mass is 9.95. The lowest BCUT2D eigenvalue weighted by Crippen LogP contribution is -2.36. The Morgan fingerprint density at radius 2 is 2.00 bits per heavy atom. The highest BCUT2D eigenvalue weighted by molar-refractivity contribution is 5.51. The Labute approximate surface area is 128 Å². The van der Waals surface area contributed by atoms with Crippen LogP contribution in [0.25, 0.3) is 0 Å². The van der Waals surface area contributed by atoms with Crippen LogP contribution in [0.1, 0.15) is 69.8 Å². The molecule has 0 bridgehead atoms. The molecule has 0 spiro atoms. The van der Waals surface area contributed by atoms with Gasteiger partial charge in [-0.1, -0.05) is 26.7 Å². The molecular weight excluding hydrogens is 260 g/mol. The first-order valence-electron chi connectivity index (χ1n) is 8.53. The van der Waals surface area contributed by atoms with Crippen molar-refractivity contribution in [3.05, 3.63) is 17.7 Å². The molecule has 1 saturated carbocycles. The van der Waals surface area contributed by atoms with Crippen LogP contribution in [-0.4, -0.2) is 22.6 Å². The Morgan fingerprint density at radius 1 is 1.24 bits per heavy atom. The van der Waals surface area contributed by atoms with Crippen LogP contribution in [-0.2, 0) is 6.54 Å². The summed E-state index contributed by atoms with van der Waals surface area (Å²) in [6.07, 6.45) is 10.2. The number of aromatic nitrogens is 2. The number of nitrogens with zero attached hydrogens (tertiary/aromatic N) is 3. The Kier molecular flexibility index (Phi) is 4.43. The zero-order valence-electron chi connectivity index (χ0n) is 13.4. The van der Waals surface area contributed by atoms with Crippen LogP contribution in [0.5, 0.6) is 0 Å². The van der Waals surface area contributed by atoms with Crippen molar-refractivity contribution in [2.45, 2.75) is 70.9 Å². The molecule has 21 heavy (non-hydrogen) atoms. The van der Waals surface area contributed by atoms with Gasteiger partial charge in [-0.2, -0.15) is 0 Å². The summed E-state index contributed by atoms with van der Waals surface area (Å²) in [6, 6.07) is 0.686. The molecule has 2 fully saturated rings. The van der Waals surface area contributed by atoms with Crippen LogP contribution >= 0.6 is 0 Å².